The van der Waals surface area contributed by atoms with Crippen molar-refractivity contribution in [1.82, 2.24) is 15.5 Å². The standard InChI is InChI=1S/C14H15ClFN3O3/c1-8(21-12-4-3-10(16)7-11(12)15)14(20)17-6-5-13-18-9(2)19-22-13/h3-4,7-8H,5-6H2,1-2H3,(H,17,20). The Bertz CT molecular complexity index is 663. The molecule has 0 fully saturated rings. The van der Waals surface area contributed by atoms with E-state index in [0.717, 1.165) is 6.07 Å². The highest BCUT2D eigenvalue weighted by molar-refractivity contribution is 6.32. The number of carbonyl (C=O) groups is 1. The van der Waals surface area contributed by atoms with Crippen LogP contribution in [-0.2, 0) is 11.2 Å². The largest absolute Gasteiger partial charge is 0.479 e. The summed E-state index contributed by atoms with van der Waals surface area (Å²) in [5.41, 5.74) is 0. The van der Waals surface area contributed by atoms with Crippen LogP contribution in [0.15, 0.2) is 22.7 Å². The Balaban J connectivity index is 1.81. The van der Waals surface area contributed by atoms with Gasteiger partial charge in [0.1, 0.15) is 11.6 Å². The van der Waals surface area contributed by atoms with Crippen LogP contribution in [0.25, 0.3) is 0 Å². The molecule has 0 saturated carbocycles. The van der Waals surface area contributed by atoms with Crippen LogP contribution in [0.5, 0.6) is 5.75 Å². The second-order valence-electron chi connectivity index (χ2n) is 4.61. The number of amides is 1. The number of halogens is 2. The van der Waals surface area contributed by atoms with Gasteiger partial charge in [0, 0.05) is 13.0 Å². The summed E-state index contributed by atoms with van der Waals surface area (Å²) in [6.45, 7) is 3.63. The fourth-order valence-electron chi connectivity index (χ4n) is 1.69. The molecule has 1 amide bonds. The van der Waals surface area contributed by atoms with Crippen molar-refractivity contribution in [2.75, 3.05) is 6.54 Å². The predicted octanol–water partition coefficient (Wildman–Crippen LogP) is 2.30. The zero-order valence-electron chi connectivity index (χ0n) is 12.1. The highest BCUT2D eigenvalue weighted by Gasteiger charge is 2.16. The van der Waals surface area contributed by atoms with Crippen LogP contribution in [0, 0.1) is 12.7 Å². The minimum absolute atomic E-state index is 0.112. The van der Waals surface area contributed by atoms with Gasteiger partial charge >= 0.3 is 0 Å². The molecule has 6 nitrogen and oxygen atoms in total. The van der Waals surface area contributed by atoms with E-state index in [1.807, 2.05) is 0 Å². The summed E-state index contributed by atoms with van der Waals surface area (Å²) in [4.78, 5) is 15.9. The fourth-order valence-corrected chi connectivity index (χ4v) is 1.90. The molecule has 0 aliphatic carbocycles. The number of aromatic nitrogens is 2. The molecule has 0 saturated heterocycles. The Morgan fingerprint density at radius 3 is 2.95 bits per heavy atom. The van der Waals surface area contributed by atoms with E-state index in [-0.39, 0.29) is 16.7 Å². The van der Waals surface area contributed by atoms with Crippen molar-refractivity contribution in [1.29, 1.82) is 0 Å². The van der Waals surface area contributed by atoms with Gasteiger partial charge in [-0.3, -0.25) is 4.79 Å². The van der Waals surface area contributed by atoms with E-state index in [2.05, 4.69) is 15.5 Å². The van der Waals surface area contributed by atoms with Crippen molar-refractivity contribution in [3.63, 3.8) is 0 Å². The summed E-state index contributed by atoms with van der Waals surface area (Å²) in [7, 11) is 0. The summed E-state index contributed by atoms with van der Waals surface area (Å²) < 4.78 is 23.3. The maximum absolute atomic E-state index is 12.9. The van der Waals surface area contributed by atoms with Crippen molar-refractivity contribution in [2.45, 2.75) is 26.4 Å². The molecule has 2 aromatic rings. The molecule has 0 aliphatic rings. The van der Waals surface area contributed by atoms with Gasteiger partial charge in [-0.25, -0.2) is 4.39 Å². The van der Waals surface area contributed by atoms with Gasteiger partial charge in [-0.05, 0) is 32.0 Å². The van der Waals surface area contributed by atoms with Gasteiger partial charge in [0.2, 0.25) is 5.89 Å². The average Bonchev–Trinajstić information content (AvgIpc) is 2.87. The Morgan fingerprint density at radius 2 is 2.32 bits per heavy atom. The van der Waals surface area contributed by atoms with Gasteiger partial charge < -0.3 is 14.6 Å². The molecule has 1 unspecified atom stereocenters. The van der Waals surface area contributed by atoms with E-state index in [9.17, 15) is 9.18 Å². The second kappa shape index (κ2) is 7.22. The maximum Gasteiger partial charge on any atom is 0.260 e. The minimum atomic E-state index is -0.771. The molecule has 1 aromatic carbocycles. The van der Waals surface area contributed by atoms with Crippen LogP contribution < -0.4 is 10.1 Å². The molecule has 118 valence electrons. The van der Waals surface area contributed by atoms with Crippen molar-refractivity contribution < 1.29 is 18.4 Å². The van der Waals surface area contributed by atoms with Gasteiger partial charge in [0.05, 0.1) is 5.02 Å². The lowest BCUT2D eigenvalue weighted by Gasteiger charge is -2.15. The Labute approximate surface area is 131 Å². The van der Waals surface area contributed by atoms with Gasteiger partial charge in [-0.2, -0.15) is 4.98 Å². The number of ether oxygens (including phenoxy) is 1. The third-order valence-electron chi connectivity index (χ3n) is 2.77. The van der Waals surface area contributed by atoms with Crippen LogP contribution in [0.4, 0.5) is 4.39 Å². The zero-order chi connectivity index (χ0) is 16.1. The molecule has 22 heavy (non-hydrogen) atoms. The van der Waals surface area contributed by atoms with E-state index in [1.54, 1.807) is 13.8 Å². The summed E-state index contributed by atoms with van der Waals surface area (Å²) >= 11 is 5.84. The third-order valence-corrected chi connectivity index (χ3v) is 3.07. The highest BCUT2D eigenvalue weighted by atomic mass is 35.5. The summed E-state index contributed by atoms with van der Waals surface area (Å²) in [5, 5.41) is 6.45. The molecule has 0 bridgehead atoms. The van der Waals surface area contributed by atoms with Crippen LogP contribution in [0.1, 0.15) is 18.6 Å². The predicted molar refractivity (Wildman–Crippen MR) is 77.2 cm³/mol. The summed E-state index contributed by atoms with van der Waals surface area (Å²) in [6.07, 6.45) is -0.344. The number of nitrogens with one attached hydrogen (secondary N) is 1. The van der Waals surface area contributed by atoms with Crippen molar-refractivity contribution in [3.05, 3.63) is 40.8 Å². The second-order valence-corrected chi connectivity index (χ2v) is 5.02. The first-order valence-electron chi connectivity index (χ1n) is 6.64. The molecule has 0 radical (unpaired) electrons. The topological polar surface area (TPSA) is 77.2 Å². The van der Waals surface area contributed by atoms with Crippen LogP contribution in [0.3, 0.4) is 0 Å². The number of carbonyl (C=O) groups excluding carboxylic acids is 1. The van der Waals surface area contributed by atoms with Gasteiger partial charge in [-0.1, -0.05) is 16.8 Å². The normalized spacial score (nSPS) is 12.0. The molecule has 1 aromatic heterocycles. The van der Waals surface area contributed by atoms with Crippen LogP contribution in [0.2, 0.25) is 5.02 Å². The van der Waals surface area contributed by atoms with Crippen LogP contribution in [-0.4, -0.2) is 28.7 Å². The van der Waals surface area contributed by atoms with Crippen LogP contribution >= 0.6 is 11.6 Å². The molecule has 2 rings (SSSR count). The third kappa shape index (κ3) is 4.42. The highest BCUT2D eigenvalue weighted by Crippen LogP contribution is 2.25. The lowest BCUT2D eigenvalue weighted by molar-refractivity contribution is -0.127. The molecule has 1 heterocycles. The van der Waals surface area contributed by atoms with E-state index >= 15 is 0 Å². The number of hydrogen-bond donors (Lipinski definition) is 1. The number of rotatable bonds is 6. The summed E-state index contributed by atoms with van der Waals surface area (Å²) in [6, 6.07) is 3.71. The quantitative estimate of drug-likeness (QED) is 0.881. The molecule has 8 heteroatoms. The molecular formula is C14H15ClFN3O3. The van der Waals surface area contributed by atoms with E-state index in [4.69, 9.17) is 20.9 Å². The van der Waals surface area contributed by atoms with Gasteiger partial charge in [0.15, 0.2) is 11.9 Å². The van der Waals surface area contributed by atoms with E-state index in [0.29, 0.717) is 24.7 Å². The molecule has 1 atom stereocenters. The lowest BCUT2D eigenvalue weighted by atomic mass is 10.3. The first-order valence-corrected chi connectivity index (χ1v) is 7.02. The Morgan fingerprint density at radius 1 is 1.55 bits per heavy atom. The average molecular weight is 328 g/mol. The molecule has 1 N–H and O–H groups in total. The number of nitrogens with zero attached hydrogens (tertiary/aromatic N) is 2. The van der Waals surface area contributed by atoms with E-state index < -0.39 is 11.9 Å². The fraction of sp³-hybridized carbons (Fsp3) is 0.357. The molecule has 0 aliphatic heterocycles. The maximum atomic E-state index is 12.9. The zero-order valence-corrected chi connectivity index (χ0v) is 12.9. The lowest BCUT2D eigenvalue weighted by Crippen LogP contribution is -2.37. The smallest absolute Gasteiger partial charge is 0.260 e. The SMILES string of the molecule is Cc1noc(CCNC(=O)C(C)Oc2ccc(F)cc2Cl)n1. The first kappa shape index (κ1) is 16.2. The van der Waals surface area contributed by atoms with Gasteiger partial charge in [0.25, 0.3) is 5.91 Å². The molecular weight excluding hydrogens is 313 g/mol. The summed E-state index contributed by atoms with van der Waals surface area (Å²) in [5.74, 6) is 0.455. The first-order chi connectivity index (χ1) is 10.5. The molecule has 0 spiro atoms. The number of benzene rings is 1. The number of aryl methyl sites for hydroxylation is 1. The number of hydrogen-bond acceptors (Lipinski definition) is 5. The monoisotopic (exact) mass is 327 g/mol. The van der Waals surface area contributed by atoms with Crippen molar-refractivity contribution >= 4 is 17.5 Å². The van der Waals surface area contributed by atoms with Gasteiger partial charge in [-0.15, -0.1) is 0 Å². The van der Waals surface area contributed by atoms with Crippen molar-refractivity contribution in [2.24, 2.45) is 0 Å². The Hall–Kier alpha value is -2.15. The Kier molecular flexibility index (Phi) is 5.32. The van der Waals surface area contributed by atoms with Crippen molar-refractivity contribution in [3.8, 4) is 5.75 Å². The van der Waals surface area contributed by atoms with E-state index in [1.165, 1.54) is 12.1 Å². The minimum Gasteiger partial charge on any atom is -0.479 e.